The van der Waals surface area contributed by atoms with Gasteiger partial charge in [0.2, 0.25) is 0 Å². The molecule has 0 aromatic heterocycles. The van der Waals surface area contributed by atoms with Crippen LogP contribution in [0.15, 0.2) is 24.3 Å². The number of Topliss-reactive ketones (excluding diaryl/α,β-unsaturated/α-hetero) is 1. The summed E-state index contributed by atoms with van der Waals surface area (Å²) in [7, 11) is 0. The molecule has 0 unspecified atom stereocenters. The number of benzene rings is 1. The van der Waals surface area contributed by atoms with E-state index in [9.17, 15) is 4.79 Å². The number of hydrogen-bond acceptors (Lipinski definition) is 1. The standard InChI is InChI=1S/C14H18O/c1-11-3-2-4-13(9-11)10-14(15)8-7-12-5-6-12/h2-4,9,12H,5-8,10H2,1H3. The summed E-state index contributed by atoms with van der Waals surface area (Å²) in [4.78, 5) is 11.7. The largest absolute Gasteiger partial charge is 0.299 e. The van der Waals surface area contributed by atoms with Crippen molar-refractivity contribution in [3.05, 3.63) is 35.4 Å². The summed E-state index contributed by atoms with van der Waals surface area (Å²) >= 11 is 0. The minimum Gasteiger partial charge on any atom is -0.299 e. The molecule has 0 aliphatic heterocycles. The Morgan fingerprint density at radius 2 is 2.20 bits per heavy atom. The van der Waals surface area contributed by atoms with Crippen LogP contribution in [0.2, 0.25) is 0 Å². The average Bonchev–Trinajstić information content (AvgIpc) is 2.98. The SMILES string of the molecule is Cc1cccc(CC(=O)CCC2CC2)c1. The molecule has 1 nitrogen and oxygen atoms in total. The molecule has 1 aromatic carbocycles. The van der Waals surface area contributed by atoms with Crippen LogP contribution in [0.4, 0.5) is 0 Å². The molecule has 0 bridgehead atoms. The van der Waals surface area contributed by atoms with Crippen molar-refractivity contribution in [2.45, 2.75) is 39.0 Å². The van der Waals surface area contributed by atoms with E-state index in [1.165, 1.54) is 18.4 Å². The highest BCUT2D eigenvalue weighted by Crippen LogP contribution is 2.33. The molecule has 2 rings (SSSR count). The number of aryl methyl sites for hydroxylation is 1. The van der Waals surface area contributed by atoms with Crippen molar-refractivity contribution in [3.63, 3.8) is 0 Å². The van der Waals surface area contributed by atoms with Gasteiger partial charge in [0.1, 0.15) is 5.78 Å². The van der Waals surface area contributed by atoms with Crippen LogP contribution in [-0.2, 0) is 11.2 Å². The van der Waals surface area contributed by atoms with Crippen LogP contribution in [-0.4, -0.2) is 5.78 Å². The third kappa shape index (κ3) is 3.50. The third-order valence-corrected chi connectivity index (χ3v) is 3.01. The van der Waals surface area contributed by atoms with Gasteiger partial charge in [0, 0.05) is 12.8 Å². The molecule has 1 heteroatoms. The Morgan fingerprint density at radius 3 is 2.87 bits per heavy atom. The fraction of sp³-hybridized carbons (Fsp3) is 0.500. The zero-order valence-electron chi connectivity index (χ0n) is 9.33. The van der Waals surface area contributed by atoms with E-state index in [0.29, 0.717) is 12.2 Å². The van der Waals surface area contributed by atoms with Crippen molar-refractivity contribution >= 4 is 5.78 Å². The first-order valence-corrected chi connectivity index (χ1v) is 5.81. The normalized spacial score (nSPS) is 15.3. The van der Waals surface area contributed by atoms with Gasteiger partial charge in [0.25, 0.3) is 0 Å². The van der Waals surface area contributed by atoms with Gasteiger partial charge in [-0.25, -0.2) is 0 Å². The van der Waals surface area contributed by atoms with E-state index in [1.807, 2.05) is 12.1 Å². The van der Waals surface area contributed by atoms with Crippen molar-refractivity contribution in [1.82, 2.24) is 0 Å². The van der Waals surface area contributed by atoms with Gasteiger partial charge in [-0.1, -0.05) is 42.7 Å². The zero-order valence-corrected chi connectivity index (χ0v) is 9.33. The van der Waals surface area contributed by atoms with Crippen molar-refractivity contribution in [3.8, 4) is 0 Å². The van der Waals surface area contributed by atoms with Gasteiger partial charge in [-0.05, 0) is 24.8 Å². The molecule has 0 saturated heterocycles. The molecule has 1 fully saturated rings. The highest BCUT2D eigenvalue weighted by atomic mass is 16.1. The van der Waals surface area contributed by atoms with Crippen molar-refractivity contribution in [2.24, 2.45) is 5.92 Å². The molecular weight excluding hydrogens is 184 g/mol. The van der Waals surface area contributed by atoms with E-state index in [4.69, 9.17) is 0 Å². The summed E-state index contributed by atoms with van der Waals surface area (Å²) in [5.74, 6) is 1.26. The first-order chi connectivity index (χ1) is 7.24. The molecule has 1 aliphatic rings. The molecule has 80 valence electrons. The second kappa shape index (κ2) is 4.61. The Morgan fingerprint density at radius 1 is 1.40 bits per heavy atom. The summed E-state index contributed by atoms with van der Waals surface area (Å²) in [6.45, 7) is 2.07. The summed E-state index contributed by atoms with van der Waals surface area (Å²) in [5.41, 5.74) is 2.40. The molecule has 0 N–H and O–H groups in total. The number of hydrogen-bond donors (Lipinski definition) is 0. The predicted molar refractivity (Wildman–Crippen MR) is 61.8 cm³/mol. The van der Waals surface area contributed by atoms with Crippen LogP contribution in [0, 0.1) is 12.8 Å². The molecule has 0 atom stereocenters. The summed E-state index contributed by atoms with van der Waals surface area (Å²) in [5, 5.41) is 0. The summed E-state index contributed by atoms with van der Waals surface area (Å²) in [6.07, 6.45) is 5.20. The van der Waals surface area contributed by atoms with E-state index in [2.05, 4.69) is 19.1 Å². The minimum atomic E-state index is 0.396. The van der Waals surface area contributed by atoms with E-state index in [1.54, 1.807) is 0 Å². The van der Waals surface area contributed by atoms with Gasteiger partial charge in [0.15, 0.2) is 0 Å². The Labute approximate surface area is 91.5 Å². The summed E-state index contributed by atoms with van der Waals surface area (Å²) < 4.78 is 0. The molecule has 15 heavy (non-hydrogen) atoms. The van der Waals surface area contributed by atoms with Gasteiger partial charge in [0.05, 0.1) is 0 Å². The molecule has 0 amide bonds. The summed E-state index contributed by atoms with van der Waals surface area (Å²) in [6, 6.07) is 8.24. The van der Waals surface area contributed by atoms with Crippen molar-refractivity contribution in [2.75, 3.05) is 0 Å². The lowest BCUT2D eigenvalue weighted by Gasteiger charge is -2.02. The van der Waals surface area contributed by atoms with Crippen LogP contribution in [0.3, 0.4) is 0 Å². The van der Waals surface area contributed by atoms with E-state index in [-0.39, 0.29) is 0 Å². The topological polar surface area (TPSA) is 17.1 Å². The van der Waals surface area contributed by atoms with Crippen molar-refractivity contribution < 1.29 is 4.79 Å². The second-order valence-corrected chi connectivity index (χ2v) is 4.69. The molecule has 1 aromatic rings. The quantitative estimate of drug-likeness (QED) is 0.716. The highest BCUT2D eigenvalue weighted by Gasteiger charge is 2.21. The Balaban J connectivity index is 1.81. The maximum absolute atomic E-state index is 11.7. The second-order valence-electron chi connectivity index (χ2n) is 4.69. The fourth-order valence-electron chi connectivity index (χ4n) is 1.91. The van der Waals surface area contributed by atoms with Crippen LogP contribution in [0.5, 0.6) is 0 Å². The maximum Gasteiger partial charge on any atom is 0.137 e. The first-order valence-electron chi connectivity index (χ1n) is 5.81. The maximum atomic E-state index is 11.7. The third-order valence-electron chi connectivity index (χ3n) is 3.01. The Bertz CT molecular complexity index is 350. The smallest absolute Gasteiger partial charge is 0.137 e. The lowest BCUT2D eigenvalue weighted by molar-refractivity contribution is -0.118. The Hall–Kier alpha value is -1.11. The predicted octanol–water partition coefficient (Wildman–Crippen LogP) is 3.30. The number of carbonyl (C=O) groups is 1. The van der Waals surface area contributed by atoms with Crippen LogP contribution in [0.1, 0.15) is 36.8 Å². The average molecular weight is 202 g/mol. The van der Waals surface area contributed by atoms with E-state index >= 15 is 0 Å². The minimum absolute atomic E-state index is 0.396. The lowest BCUT2D eigenvalue weighted by atomic mass is 10.0. The molecule has 1 saturated carbocycles. The molecule has 0 heterocycles. The van der Waals surface area contributed by atoms with Gasteiger partial charge in [-0.2, -0.15) is 0 Å². The molecular formula is C14H18O. The van der Waals surface area contributed by atoms with Crippen LogP contribution in [0.25, 0.3) is 0 Å². The lowest BCUT2D eigenvalue weighted by Crippen LogP contribution is -2.02. The van der Waals surface area contributed by atoms with Gasteiger partial charge < -0.3 is 0 Å². The van der Waals surface area contributed by atoms with Gasteiger partial charge in [-0.3, -0.25) is 4.79 Å². The molecule has 0 radical (unpaired) electrons. The van der Waals surface area contributed by atoms with Crippen molar-refractivity contribution in [1.29, 1.82) is 0 Å². The van der Waals surface area contributed by atoms with Crippen LogP contribution < -0.4 is 0 Å². The van der Waals surface area contributed by atoms with Gasteiger partial charge >= 0.3 is 0 Å². The first kappa shape index (κ1) is 10.4. The molecule has 1 aliphatic carbocycles. The number of ketones is 1. The number of rotatable bonds is 5. The fourth-order valence-corrected chi connectivity index (χ4v) is 1.91. The zero-order chi connectivity index (χ0) is 10.7. The molecule has 0 spiro atoms. The number of carbonyl (C=O) groups excluding carboxylic acids is 1. The highest BCUT2D eigenvalue weighted by molar-refractivity contribution is 5.80. The van der Waals surface area contributed by atoms with E-state index < -0.39 is 0 Å². The van der Waals surface area contributed by atoms with E-state index in [0.717, 1.165) is 24.3 Å². The van der Waals surface area contributed by atoms with Crippen LogP contribution >= 0.6 is 0 Å². The monoisotopic (exact) mass is 202 g/mol. The Kier molecular flexibility index (Phi) is 3.20. The van der Waals surface area contributed by atoms with Gasteiger partial charge in [-0.15, -0.1) is 0 Å².